The van der Waals surface area contributed by atoms with Gasteiger partial charge in [-0.1, -0.05) is 12.8 Å². The molecule has 0 saturated carbocycles. The molecule has 0 radical (unpaired) electrons. The van der Waals surface area contributed by atoms with Gasteiger partial charge in [-0.05, 0) is 44.0 Å². The lowest BCUT2D eigenvalue weighted by Gasteiger charge is -2.19. The average molecular weight is 435 g/mol. The molecule has 1 aromatic heterocycles. The zero-order valence-electron chi connectivity index (χ0n) is 17.1. The quantitative estimate of drug-likeness (QED) is 0.700. The maximum Gasteiger partial charge on any atom is 0.337 e. The molecule has 162 valence electrons. The lowest BCUT2D eigenvalue weighted by molar-refractivity contribution is 0.0600. The Morgan fingerprint density at radius 1 is 1.10 bits per heavy atom. The predicted octanol–water partition coefficient (Wildman–Crippen LogP) is 2.51. The molecule has 1 N–H and O–H groups in total. The summed E-state index contributed by atoms with van der Waals surface area (Å²) in [5.74, 6) is -1.06. The molecule has 0 unspecified atom stereocenters. The number of methoxy groups -OCH3 is 1. The monoisotopic (exact) mass is 434 g/mol. The van der Waals surface area contributed by atoms with Crippen LogP contribution in [0.3, 0.4) is 0 Å². The maximum atomic E-state index is 13.2. The van der Waals surface area contributed by atoms with Crippen LogP contribution in [0.2, 0.25) is 0 Å². The van der Waals surface area contributed by atoms with Gasteiger partial charge in [0.05, 0.1) is 18.2 Å². The summed E-state index contributed by atoms with van der Waals surface area (Å²) < 4.78 is 34.0. The van der Waals surface area contributed by atoms with Gasteiger partial charge in [-0.3, -0.25) is 9.48 Å². The van der Waals surface area contributed by atoms with Crippen molar-refractivity contribution in [2.45, 2.75) is 44.2 Å². The number of aryl methyl sites for hydroxylation is 1. The number of carbonyl (C=O) groups is 2. The van der Waals surface area contributed by atoms with E-state index in [1.807, 2.05) is 6.92 Å². The van der Waals surface area contributed by atoms with E-state index in [1.165, 1.54) is 34.4 Å². The van der Waals surface area contributed by atoms with Gasteiger partial charge in [0, 0.05) is 31.5 Å². The number of nitrogens with one attached hydrogen (secondary N) is 1. The molecule has 1 aliphatic heterocycles. The Labute approximate surface area is 176 Å². The Bertz CT molecular complexity index is 1010. The van der Waals surface area contributed by atoms with Crippen molar-refractivity contribution in [1.82, 2.24) is 14.1 Å². The van der Waals surface area contributed by atoms with Crippen molar-refractivity contribution in [1.29, 1.82) is 0 Å². The first-order valence-electron chi connectivity index (χ1n) is 9.94. The summed E-state index contributed by atoms with van der Waals surface area (Å²) in [6.45, 7) is 3.11. The third kappa shape index (κ3) is 4.71. The fourth-order valence-corrected chi connectivity index (χ4v) is 4.94. The van der Waals surface area contributed by atoms with E-state index in [0.717, 1.165) is 25.7 Å². The maximum absolute atomic E-state index is 13.2. The lowest BCUT2D eigenvalue weighted by atomic mass is 10.2. The first-order chi connectivity index (χ1) is 14.4. The summed E-state index contributed by atoms with van der Waals surface area (Å²) in [6, 6.07) is 6.15. The number of nitrogens with zero attached hydrogens (tertiary/aromatic N) is 3. The van der Waals surface area contributed by atoms with E-state index in [9.17, 15) is 18.0 Å². The summed E-state index contributed by atoms with van der Waals surface area (Å²) in [4.78, 5) is 24.4. The Kier molecular flexibility index (Phi) is 6.88. The number of benzene rings is 1. The van der Waals surface area contributed by atoms with Crippen molar-refractivity contribution in [3.05, 3.63) is 41.6 Å². The zero-order valence-corrected chi connectivity index (χ0v) is 17.9. The summed E-state index contributed by atoms with van der Waals surface area (Å²) in [5.41, 5.74) is 0.770. The smallest absolute Gasteiger partial charge is 0.337 e. The van der Waals surface area contributed by atoms with E-state index in [-0.39, 0.29) is 10.6 Å². The Morgan fingerprint density at radius 3 is 2.30 bits per heavy atom. The molecule has 0 aliphatic carbocycles. The Morgan fingerprint density at radius 2 is 1.73 bits per heavy atom. The van der Waals surface area contributed by atoms with Gasteiger partial charge in [-0.25, -0.2) is 13.2 Å². The van der Waals surface area contributed by atoms with Crippen LogP contribution in [0.1, 0.15) is 53.3 Å². The average Bonchev–Trinajstić information content (AvgIpc) is 3.01. The van der Waals surface area contributed by atoms with Gasteiger partial charge >= 0.3 is 5.97 Å². The normalized spacial score (nSPS) is 15.4. The highest BCUT2D eigenvalue weighted by Gasteiger charge is 2.33. The molecule has 0 atom stereocenters. The van der Waals surface area contributed by atoms with Crippen LogP contribution in [0.5, 0.6) is 0 Å². The van der Waals surface area contributed by atoms with E-state index in [2.05, 4.69) is 15.2 Å². The van der Waals surface area contributed by atoms with Crippen LogP contribution in [-0.4, -0.2) is 54.6 Å². The molecule has 1 saturated heterocycles. The van der Waals surface area contributed by atoms with E-state index < -0.39 is 21.9 Å². The van der Waals surface area contributed by atoms with Gasteiger partial charge in [0.25, 0.3) is 15.9 Å². The number of rotatable bonds is 6. The van der Waals surface area contributed by atoms with E-state index in [0.29, 0.717) is 30.9 Å². The van der Waals surface area contributed by atoms with Gasteiger partial charge in [0.1, 0.15) is 0 Å². The van der Waals surface area contributed by atoms with Gasteiger partial charge in [0.15, 0.2) is 0 Å². The number of amides is 1. The van der Waals surface area contributed by atoms with E-state index in [1.54, 1.807) is 12.1 Å². The first kappa shape index (κ1) is 22.0. The molecule has 1 fully saturated rings. The molecule has 0 spiro atoms. The summed E-state index contributed by atoms with van der Waals surface area (Å²) in [7, 11) is -2.60. The van der Waals surface area contributed by atoms with Crippen LogP contribution in [0.4, 0.5) is 5.69 Å². The number of hydrogen-bond donors (Lipinski definition) is 1. The number of hydrogen-bond acceptors (Lipinski definition) is 6. The number of anilines is 1. The van der Waals surface area contributed by atoms with Crippen molar-refractivity contribution >= 4 is 27.6 Å². The molecule has 1 aromatic carbocycles. The number of carbonyl (C=O) groups excluding carboxylic acids is 2. The van der Waals surface area contributed by atoms with Crippen molar-refractivity contribution in [2.75, 3.05) is 25.5 Å². The van der Waals surface area contributed by atoms with Crippen molar-refractivity contribution in [3.63, 3.8) is 0 Å². The minimum Gasteiger partial charge on any atom is -0.465 e. The third-order valence-electron chi connectivity index (χ3n) is 5.01. The molecule has 2 heterocycles. The molecule has 3 rings (SSSR count). The Balaban J connectivity index is 1.87. The summed E-state index contributed by atoms with van der Waals surface area (Å²) >= 11 is 0. The second-order valence-corrected chi connectivity index (χ2v) is 8.90. The lowest BCUT2D eigenvalue weighted by Crippen LogP contribution is -2.33. The molecule has 30 heavy (non-hydrogen) atoms. The highest BCUT2D eigenvalue weighted by Crippen LogP contribution is 2.23. The van der Waals surface area contributed by atoms with Crippen LogP contribution in [-0.2, 0) is 21.3 Å². The van der Waals surface area contributed by atoms with Crippen LogP contribution in [0, 0.1) is 0 Å². The topological polar surface area (TPSA) is 111 Å². The minimum atomic E-state index is -3.88. The standard InChI is InChI=1S/C20H26N4O5S/c1-3-23-14-17(18(25)21-16-10-8-15(9-11-16)20(26)29-2)19(22-23)30(27,28)24-12-6-4-5-7-13-24/h8-11,14H,3-7,12-13H2,1-2H3,(H,21,25). The molecule has 10 heteroatoms. The largest absolute Gasteiger partial charge is 0.465 e. The van der Waals surface area contributed by atoms with Gasteiger partial charge in [-0.15, -0.1) is 0 Å². The van der Waals surface area contributed by atoms with Crippen molar-refractivity contribution < 1.29 is 22.7 Å². The van der Waals surface area contributed by atoms with Crippen LogP contribution >= 0.6 is 0 Å². The number of ether oxygens (including phenoxy) is 1. The minimum absolute atomic E-state index is 0.00172. The number of esters is 1. The highest BCUT2D eigenvalue weighted by atomic mass is 32.2. The molecule has 9 nitrogen and oxygen atoms in total. The molecular weight excluding hydrogens is 408 g/mol. The number of aromatic nitrogens is 2. The van der Waals surface area contributed by atoms with Gasteiger partial charge in [-0.2, -0.15) is 9.40 Å². The van der Waals surface area contributed by atoms with Gasteiger partial charge < -0.3 is 10.1 Å². The summed E-state index contributed by atoms with van der Waals surface area (Å²) in [5, 5.41) is 6.64. The molecule has 0 bridgehead atoms. The third-order valence-corrected chi connectivity index (χ3v) is 6.84. The zero-order chi connectivity index (χ0) is 21.7. The van der Waals surface area contributed by atoms with Crippen LogP contribution < -0.4 is 5.32 Å². The molecule has 2 aromatic rings. The second kappa shape index (κ2) is 9.40. The molecular formula is C20H26N4O5S. The van der Waals surface area contributed by atoms with E-state index >= 15 is 0 Å². The van der Waals surface area contributed by atoms with Gasteiger partial charge in [0.2, 0.25) is 5.03 Å². The summed E-state index contributed by atoms with van der Waals surface area (Å²) in [6.07, 6.45) is 5.01. The van der Waals surface area contributed by atoms with Crippen LogP contribution in [0.15, 0.2) is 35.5 Å². The SMILES string of the molecule is CCn1cc(C(=O)Nc2ccc(C(=O)OC)cc2)c(S(=O)(=O)N2CCCCCC2)n1. The molecule has 1 amide bonds. The second-order valence-electron chi connectivity index (χ2n) is 7.04. The van der Waals surface area contributed by atoms with E-state index in [4.69, 9.17) is 0 Å². The predicted molar refractivity (Wildman–Crippen MR) is 111 cm³/mol. The first-order valence-corrected chi connectivity index (χ1v) is 11.4. The number of sulfonamides is 1. The fourth-order valence-electron chi connectivity index (χ4n) is 3.32. The van der Waals surface area contributed by atoms with Crippen molar-refractivity contribution in [2.24, 2.45) is 0 Å². The Hall–Kier alpha value is -2.72. The van der Waals surface area contributed by atoms with Crippen LogP contribution in [0.25, 0.3) is 0 Å². The molecule has 1 aliphatic rings. The highest BCUT2D eigenvalue weighted by molar-refractivity contribution is 7.89. The van der Waals surface area contributed by atoms with Crippen molar-refractivity contribution in [3.8, 4) is 0 Å². The fraction of sp³-hybridized carbons (Fsp3) is 0.450.